The van der Waals surface area contributed by atoms with Gasteiger partial charge in [0, 0.05) is 5.56 Å². The molecule has 5 heteroatoms. The van der Waals surface area contributed by atoms with Crippen LogP contribution in [0.4, 0.5) is 5.69 Å². The molecule has 0 atom stereocenters. The average Bonchev–Trinajstić information content (AvgIpc) is 3.18. The zero-order valence-electron chi connectivity index (χ0n) is 14.2. The number of fused-ring (bicyclic) bond motifs is 1. The van der Waals surface area contributed by atoms with Crippen LogP contribution in [0, 0.1) is 0 Å². The van der Waals surface area contributed by atoms with Gasteiger partial charge in [0.25, 0.3) is 5.91 Å². The van der Waals surface area contributed by atoms with E-state index in [4.69, 9.17) is 4.74 Å². The number of aromatic amines is 1. The first-order valence-corrected chi connectivity index (χ1v) is 8.24. The normalized spacial score (nSPS) is 10.7. The van der Waals surface area contributed by atoms with Gasteiger partial charge in [-0.05, 0) is 29.0 Å². The number of anilines is 1. The summed E-state index contributed by atoms with van der Waals surface area (Å²) in [5.41, 5.74) is 2.71. The SMILES string of the molecule is COc1ccccc1NC(=O)c1cc(-c2cccc3ccccc23)n[nH]1. The molecule has 4 rings (SSSR count). The lowest BCUT2D eigenvalue weighted by atomic mass is 10.0. The number of amides is 1. The van der Waals surface area contributed by atoms with Crippen molar-refractivity contribution >= 4 is 22.4 Å². The monoisotopic (exact) mass is 343 g/mol. The molecule has 0 saturated heterocycles. The summed E-state index contributed by atoms with van der Waals surface area (Å²) in [6.45, 7) is 0. The van der Waals surface area contributed by atoms with Crippen molar-refractivity contribution in [3.05, 3.63) is 78.5 Å². The molecule has 128 valence electrons. The smallest absolute Gasteiger partial charge is 0.273 e. The third-order valence-corrected chi connectivity index (χ3v) is 4.24. The van der Waals surface area contributed by atoms with Crippen molar-refractivity contribution in [1.82, 2.24) is 10.2 Å². The molecule has 5 nitrogen and oxygen atoms in total. The van der Waals surface area contributed by atoms with E-state index in [9.17, 15) is 4.79 Å². The Kier molecular flexibility index (Phi) is 4.11. The summed E-state index contributed by atoms with van der Waals surface area (Å²) >= 11 is 0. The molecule has 0 aliphatic rings. The number of nitrogens with one attached hydrogen (secondary N) is 2. The fraction of sp³-hybridized carbons (Fsp3) is 0.0476. The molecule has 2 N–H and O–H groups in total. The number of H-pyrrole nitrogens is 1. The van der Waals surface area contributed by atoms with E-state index in [1.54, 1.807) is 25.3 Å². The van der Waals surface area contributed by atoms with Crippen LogP contribution in [0.1, 0.15) is 10.5 Å². The van der Waals surface area contributed by atoms with Gasteiger partial charge < -0.3 is 10.1 Å². The van der Waals surface area contributed by atoms with E-state index >= 15 is 0 Å². The van der Waals surface area contributed by atoms with Gasteiger partial charge in [0.15, 0.2) is 0 Å². The van der Waals surface area contributed by atoms with Crippen LogP contribution in [0.2, 0.25) is 0 Å². The summed E-state index contributed by atoms with van der Waals surface area (Å²) in [5, 5.41) is 12.2. The fourth-order valence-electron chi connectivity index (χ4n) is 2.96. The number of hydrogen-bond donors (Lipinski definition) is 2. The van der Waals surface area contributed by atoms with Crippen LogP contribution in [-0.2, 0) is 0 Å². The Hall–Kier alpha value is -3.60. The van der Waals surface area contributed by atoms with E-state index in [2.05, 4.69) is 27.6 Å². The van der Waals surface area contributed by atoms with Crippen LogP contribution in [0.5, 0.6) is 5.75 Å². The molecule has 1 aromatic heterocycles. The molecule has 0 spiro atoms. The lowest BCUT2D eigenvalue weighted by Gasteiger charge is -2.08. The lowest BCUT2D eigenvalue weighted by molar-refractivity contribution is 0.102. The summed E-state index contributed by atoms with van der Waals surface area (Å²) < 4.78 is 5.26. The first-order chi connectivity index (χ1) is 12.8. The molecule has 0 aliphatic heterocycles. The van der Waals surface area contributed by atoms with Crippen LogP contribution >= 0.6 is 0 Å². The van der Waals surface area contributed by atoms with E-state index in [0.717, 1.165) is 22.0 Å². The zero-order valence-corrected chi connectivity index (χ0v) is 14.2. The summed E-state index contributed by atoms with van der Waals surface area (Å²) in [6, 6.07) is 23.2. The second-order valence-electron chi connectivity index (χ2n) is 5.85. The Labute approximate surface area is 150 Å². The Morgan fingerprint density at radius 3 is 2.65 bits per heavy atom. The number of para-hydroxylation sites is 2. The van der Waals surface area contributed by atoms with E-state index in [1.807, 2.05) is 42.5 Å². The zero-order chi connectivity index (χ0) is 17.9. The topological polar surface area (TPSA) is 67.0 Å². The van der Waals surface area contributed by atoms with Crippen LogP contribution in [0.15, 0.2) is 72.8 Å². The number of benzene rings is 3. The molecule has 0 bridgehead atoms. The average molecular weight is 343 g/mol. The number of rotatable bonds is 4. The highest BCUT2D eigenvalue weighted by molar-refractivity contribution is 6.05. The van der Waals surface area contributed by atoms with Crippen molar-refractivity contribution in [2.24, 2.45) is 0 Å². The summed E-state index contributed by atoms with van der Waals surface area (Å²) in [6.07, 6.45) is 0. The Balaban J connectivity index is 1.64. The van der Waals surface area contributed by atoms with Crippen molar-refractivity contribution in [1.29, 1.82) is 0 Å². The number of methoxy groups -OCH3 is 1. The second kappa shape index (κ2) is 6.72. The minimum atomic E-state index is -0.270. The molecule has 0 radical (unpaired) electrons. The molecule has 1 amide bonds. The number of nitrogens with zero attached hydrogens (tertiary/aromatic N) is 1. The van der Waals surface area contributed by atoms with Crippen LogP contribution < -0.4 is 10.1 Å². The van der Waals surface area contributed by atoms with Gasteiger partial charge in [0.2, 0.25) is 0 Å². The molecule has 0 fully saturated rings. The largest absolute Gasteiger partial charge is 0.495 e. The highest BCUT2D eigenvalue weighted by Crippen LogP contribution is 2.28. The maximum absolute atomic E-state index is 12.6. The van der Waals surface area contributed by atoms with Crippen molar-refractivity contribution in [3.8, 4) is 17.0 Å². The molecule has 0 unspecified atom stereocenters. The second-order valence-corrected chi connectivity index (χ2v) is 5.85. The molecular weight excluding hydrogens is 326 g/mol. The van der Waals surface area contributed by atoms with Crippen molar-refractivity contribution in [2.75, 3.05) is 12.4 Å². The standard InChI is InChI=1S/C21H17N3O2/c1-26-20-12-5-4-11-17(20)22-21(25)19-13-18(23-24-19)16-10-6-8-14-7-2-3-9-15(14)16/h2-13H,1H3,(H,22,25)(H,23,24). The summed E-state index contributed by atoms with van der Waals surface area (Å²) in [4.78, 5) is 12.6. The van der Waals surface area contributed by atoms with Gasteiger partial charge in [0.05, 0.1) is 18.5 Å². The van der Waals surface area contributed by atoms with Gasteiger partial charge in [-0.1, -0.05) is 54.6 Å². The number of ether oxygens (including phenoxy) is 1. The fourth-order valence-corrected chi connectivity index (χ4v) is 2.96. The summed E-state index contributed by atoms with van der Waals surface area (Å²) in [7, 11) is 1.57. The Bertz CT molecular complexity index is 1080. The predicted octanol–water partition coefficient (Wildman–Crippen LogP) is 4.49. The quantitative estimate of drug-likeness (QED) is 0.574. The number of aromatic nitrogens is 2. The first kappa shape index (κ1) is 15.9. The van der Waals surface area contributed by atoms with Gasteiger partial charge in [-0.3, -0.25) is 9.89 Å². The highest BCUT2D eigenvalue weighted by Gasteiger charge is 2.14. The maximum Gasteiger partial charge on any atom is 0.273 e. The molecule has 26 heavy (non-hydrogen) atoms. The van der Waals surface area contributed by atoms with Gasteiger partial charge in [-0.2, -0.15) is 5.10 Å². The van der Waals surface area contributed by atoms with Crippen molar-refractivity contribution in [3.63, 3.8) is 0 Å². The molecule has 1 heterocycles. The van der Waals surface area contributed by atoms with E-state index in [0.29, 0.717) is 17.1 Å². The Morgan fingerprint density at radius 1 is 1.00 bits per heavy atom. The van der Waals surface area contributed by atoms with E-state index in [1.165, 1.54) is 0 Å². The van der Waals surface area contributed by atoms with Crippen LogP contribution in [-0.4, -0.2) is 23.2 Å². The number of carbonyl (C=O) groups excluding carboxylic acids is 1. The predicted molar refractivity (Wildman–Crippen MR) is 102 cm³/mol. The minimum absolute atomic E-state index is 0.270. The van der Waals surface area contributed by atoms with Gasteiger partial charge in [0.1, 0.15) is 11.4 Å². The van der Waals surface area contributed by atoms with Crippen LogP contribution in [0.3, 0.4) is 0 Å². The van der Waals surface area contributed by atoms with E-state index < -0.39 is 0 Å². The lowest BCUT2D eigenvalue weighted by Crippen LogP contribution is -2.13. The molecule has 3 aromatic carbocycles. The van der Waals surface area contributed by atoms with Gasteiger partial charge in [-0.15, -0.1) is 0 Å². The minimum Gasteiger partial charge on any atom is -0.495 e. The third-order valence-electron chi connectivity index (χ3n) is 4.24. The van der Waals surface area contributed by atoms with Gasteiger partial charge in [-0.25, -0.2) is 0 Å². The molecular formula is C21H17N3O2. The van der Waals surface area contributed by atoms with Crippen LogP contribution in [0.25, 0.3) is 22.0 Å². The summed E-state index contributed by atoms with van der Waals surface area (Å²) in [5.74, 6) is 0.336. The van der Waals surface area contributed by atoms with E-state index in [-0.39, 0.29) is 5.91 Å². The highest BCUT2D eigenvalue weighted by atomic mass is 16.5. The van der Waals surface area contributed by atoms with Crippen molar-refractivity contribution < 1.29 is 9.53 Å². The van der Waals surface area contributed by atoms with Crippen molar-refractivity contribution in [2.45, 2.75) is 0 Å². The van der Waals surface area contributed by atoms with Gasteiger partial charge >= 0.3 is 0 Å². The third kappa shape index (κ3) is 2.91. The number of carbonyl (C=O) groups is 1. The number of hydrogen-bond acceptors (Lipinski definition) is 3. The first-order valence-electron chi connectivity index (χ1n) is 8.24. The Morgan fingerprint density at radius 2 is 1.77 bits per heavy atom. The molecule has 0 aliphatic carbocycles. The molecule has 4 aromatic rings. The molecule has 0 saturated carbocycles. The maximum atomic E-state index is 12.6.